The van der Waals surface area contributed by atoms with Crippen LogP contribution in [0.15, 0.2) is 41.6 Å². The van der Waals surface area contributed by atoms with Gasteiger partial charge in [0.1, 0.15) is 6.10 Å². The lowest BCUT2D eigenvalue weighted by Gasteiger charge is -2.28. The van der Waals surface area contributed by atoms with Gasteiger partial charge in [0.25, 0.3) is 0 Å². The molecule has 1 N–H and O–H groups in total. The van der Waals surface area contributed by atoms with Crippen molar-refractivity contribution in [2.45, 2.75) is 51.7 Å². The second kappa shape index (κ2) is 6.01. The molecule has 2 heterocycles. The molecule has 2 heteroatoms. The first kappa shape index (κ1) is 13.7. The molecule has 3 atom stereocenters. The molecule has 0 amide bonds. The zero-order chi connectivity index (χ0) is 13.9. The highest BCUT2D eigenvalue weighted by Crippen LogP contribution is 2.42. The van der Waals surface area contributed by atoms with Crippen LogP contribution in [0, 0.1) is 5.92 Å². The molecule has 20 heavy (non-hydrogen) atoms. The van der Waals surface area contributed by atoms with E-state index in [0.717, 1.165) is 13.0 Å². The Bertz CT molecular complexity index is 479. The van der Waals surface area contributed by atoms with E-state index in [1.165, 1.54) is 36.1 Å². The fourth-order valence-corrected chi connectivity index (χ4v) is 3.56. The van der Waals surface area contributed by atoms with E-state index < -0.39 is 0 Å². The van der Waals surface area contributed by atoms with Gasteiger partial charge in [-0.2, -0.15) is 0 Å². The van der Waals surface area contributed by atoms with Gasteiger partial charge in [-0.1, -0.05) is 57.0 Å². The second-order valence-electron chi connectivity index (χ2n) is 6.03. The first-order valence-electron chi connectivity index (χ1n) is 7.97. The third-order valence-electron chi connectivity index (χ3n) is 4.69. The van der Waals surface area contributed by atoms with Gasteiger partial charge in [0, 0.05) is 24.1 Å². The number of rotatable bonds is 4. The van der Waals surface area contributed by atoms with Crippen LogP contribution in [0.3, 0.4) is 0 Å². The van der Waals surface area contributed by atoms with Gasteiger partial charge in [-0.3, -0.25) is 0 Å². The minimum atomic E-state index is 0.161. The highest BCUT2D eigenvalue weighted by Gasteiger charge is 2.37. The number of hydrogen-bond acceptors (Lipinski definition) is 2. The molecule has 2 aliphatic heterocycles. The molecule has 0 aliphatic carbocycles. The summed E-state index contributed by atoms with van der Waals surface area (Å²) in [5, 5.41) is 3.78. The largest absolute Gasteiger partial charge is 0.385 e. The Morgan fingerprint density at radius 2 is 2.05 bits per heavy atom. The van der Waals surface area contributed by atoms with Crippen molar-refractivity contribution in [2.24, 2.45) is 5.92 Å². The topological polar surface area (TPSA) is 21.3 Å². The van der Waals surface area contributed by atoms with Crippen LogP contribution in [-0.4, -0.2) is 12.6 Å². The standard InChI is InChI=1S/C18H25NO/c1-3-4-10-15-13(2)17-16(19-15)11-12-20-18(17)14-8-6-5-7-9-14/h5-9,13,15,18-19H,3-4,10-12H2,1-2H3/t13-,15+,18+/m0/s1. The van der Waals surface area contributed by atoms with E-state index in [1.54, 1.807) is 0 Å². The summed E-state index contributed by atoms with van der Waals surface area (Å²) in [7, 11) is 0. The normalized spacial score (nSPS) is 29.2. The molecule has 0 fully saturated rings. The van der Waals surface area contributed by atoms with Crippen LogP contribution >= 0.6 is 0 Å². The quantitative estimate of drug-likeness (QED) is 0.886. The summed E-state index contributed by atoms with van der Waals surface area (Å²) >= 11 is 0. The monoisotopic (exact) mass is 271 g/mol. The molecule has 2 aliphatic rings. The van der Waals surface area contributed by atoms with Crippen LogP contribution < -0.4 is 5.32 Å². The summed E-state index contributed by atoms with van der Waals surface area (Å²) < 4.78 is 6.10. The number of unbranched alkanes of at least 4 members (excludes halogenated alkanes) is 1. The van der Waals surface area contributed by atoms with Gasteiger partial charge in [-0.25, -0.2) is 0 Å². The fourth-order valence-electron chi connectivity index (χ4n) is 3.56. The molecule has 2 nitrogen and oxygen atoms in total. The molecule has 0 saturated carbocycles. The van der Waals surface area contributed by atoms with Crippen LogP contribution in [0.2, 0.25) is 0 Å². The zero-order valence-electron chi connectivity index (χ0n) is 12.6. The molecule has 0 aromatic heterocycles. The van der Waals surface area contributed by atoms with E-state index in [1.807, 2.05) is 0 Å². The molecule has 0 saturated heterocycles. The summed E-state index contributed by atoms with van der Waals surface area (Å²) in [4.78, 5) is 0. The Labute approximate surface area is 122 Å². The number of nitrogens with one attached hydrogen (secondary N) is 1. The molecule has 108 valence electrons. The first-order valence-corrected chi connectivity index (χ1v) is 7.97. The van der Waals surface area contributed by atoms with Crippen molar-refractivity contribution >= 4 is 0 Å². The minimum Gasteiger partial charge on any atom is -0.385 e. The maximum absolute atomic E-state index is 6.10. The summed E-state index contributed by atoms with van der Waals surface area (Å²) in [6.07, 6.45) is 5.06. The molecule has 0 bridgehead atoms. The molecule has 3 rings (SSSR count). The van der Waals surface area contributed by atoms with Crippen LogP contribution in [0.5, 0.6) is 0 Å². The molecular weight excluding hydrogens is 246 g/mol. The van der Waals surface area contributed by atoms with Crippen molar-refractivity contribution in [1.29, 1.82) is 0 Å². The highest BCUT2D eigenvalue weighted by molar-refractivity contribution is 5.36. The Balaban J connectivity index is 1.83. The van der Waals surface area contributed by atoms with E-state index >= 15 is 0 Å². The minimum absolute atomic E-state index is 0.161. The molecule has 1 aromatic rings. The smallest absolute Gasteiger partial charge is 0.106 e. The number of benzene rings is 1. The third kappa shape index (κ3) is 2.49. The molecule has 0 spiro atoms. The van der Waals surface area contributed by atoms with Gasteiger partial charge in [0.2, 0.25) is 0 Å². The Morgan fingerprint density at radius 1 is 1.25 bits per heavy atom. The summed E-state index contributed by atoms with van der Waals surface area (Å²) in [6, 6.07) is 11.3. The van der Waals surface area contributed by atoms with Gasteiger partial charge < -0.3 is 10.1 Å². The Hall–Kier alpha value is -1.28. The predicted molar refractivity (Wildman–Crippen MR) is 82.4 cm³/mol. The van der Waals surface area contributed by atoms with Crippen molar-refractivity contribution in [1.82, 2.24) is 5.32 Å². The Kier molecular flexibility index (Phi) is 4.11. The zero-order valence-corrected chi connectivity index (χ0v) is 12.6. The highest BCUT2D eigenvalue weighted by atomic mass is 16.5. The molecular formula is C18H25NO. The van der Waals surface area contributed by atoms with Crippen LogP contribution in [0.4, 0.5) is 0 Å². The van der Waals surface area contributed by atoms with Gasteiger partial charge >= 0.3 is 0 Å². The third-order valence-corrected chi connectivity index (χ3v) is 4.69. The molecule has 0 radical (unpaired) electrons. The van der Waals surface area contributed by atoms with Crippen LogP contribution in [-0.2, 0) is 4.74 Å². The van der Waals surface area contributed by atoms with Crippen molar-refractivity contribution < 1.29 is 4.74 Å². The molecule has 1 aromatic carbocycles. The first-order chi connectivity index (χ1) is 9.81. The SMILES string of the molecule is CCCC[C@H]1NC2=C([C@H]1C)[C@@H](c1ccccc1)OCC2. The van der Waals surface area contributed by atoms with E-state index in [9.17, 15) is 0 Å². The van der Waals surface area contributed by atoms with Crippen LogP contribution in [0.1, 0.15) is 51.2 Å². The average Bonchev–Trinajstić information content (AvgIpc) is 2.82. The summed E-state index contributed by atoms with van der Waals surface area (Å²) in [6.45, 7) is 5.46. The maximum Gasteiger partial charge on any atom is 0.106 e. The second-order valence-corrected chi connectivity index (χ2v) is 6.03. The van der Waals surface area contributed by atoms with Gasteiger partial charge in [0.15, 0.2) is 0 Å². The van der Waals surface area contributed by atoms with E-state index in [-0.39, 0.29) is 6.10 Å². The number of ether oxygens (including phenoxy) is 1. The van der Waals surface area contributed by atoms with Crippen molar-refractivity contribution in [3.63, 3.8) is 0 Å². The lowest BCUT2D eigenvalue weighted by atomic mass is 9.86. The lowest BCUT2D eigenvalue weighted by Crippen LogP contribution is -2.27. The van der Waals surface area contributed by atoms with Gasteiger partial charge in [0.05, 0.1) is 6.61 Å². The van der Waals surface area contributed by atoms with Gasteiger partial charge in [-0.05, 0) is 17.6 Å². The fraction of sp³-hybridized carbons (Fsp3) is 0.556. The van der Waals surface area contributed by atoms with Crippen molar-refractivity contribution in [3.8, 4) is 0 Å². The summed E-state index contributed by atoms with van der Waals surface area (Å²) in [5.41, 5.74) is 4.26. The van der Waals surface area contributed by atoms with Crippen molar-refractivity contribution in [2.75, 3.05) is 6.61 Å². The predicted octanol–water partition coefficient (Wildman–Crippen LogP) is 4.20. The number of hydrogen-bond donors (Lipinski definition) is 1. The average molecular weight is 271 g/mol. The summed E-state index contributed by atoms with van der Waals surface area (Å²) in [5.74, 6) is 0.585. The van der Waals surface area contributed by atoms with Crippen LogP contribution in [0.25, 0.3) is 0 Å². The van der Waals surface area contributed by atoms with E-state index in [0.29, 0.717) is 12.0 Å². The molecule has 0 unspecified atom stereocenters. The van der Waals surface area contributed by atoms with E-state index in [2.05, 4.69) is 49.5 Å². The van der Waals surface area contributed by atoms with E-state index in [4.69, 9.17) is 4.74 Å². The van der Waals surface area contributed by atoms with Gasteiger partial charge in [-0.15, -0.1) is 0 Å². The Morgan fingerprint density at radius 3 is 2.80 bits per heavy atom. The van der Waals surface area contributed by atoms with Crippen molar-refractivity contribution in [3.05, 3.63) is 47.2 Å². The lowest BCUT2D eigenvalue weighted by molar-refractivity contribution is 0.0624. The maximum atomic E-state index is 6.10.